The number of hydrogen-bond acceptors (Lipinski definition) is 8. The van der Waals surface area contributed by atoms with Gasteiger partial charge in [-0.3, -0.25) is 24.8 Å². The van der Waals surface area contributed by atoms with Gasteiger partial charge in [-0.2, -0.15) is 0 Å². The number of ether oxygens (including phenoxy) is 2. The Morgan fingerprint density at radius 1 is 0.895 bits per heavy atom. The number of alkyl carbamates (subject to hydrolysis) is 1. The summed E-state index contributed by atoms with van der Waals surface area (Å²) < 4.78 is 10.3. The first-order valence-electron chi connectivity index (χ1n) is 11.0. The number of rotatable bonds is 8. The molecule has 0 aliphatic heterocycles. The van der Waals surface area contributed by atoms with Crippen molar-refractivity contribution in [3.05, 3.63) is 65.2 Å². The lowest BCUT2D eigenvalue weighted by Crippen LogP contribution is -2.52. The predicted molar refractivity (Wildman–Crippen MR) is 136 cm³/mol. The Morgan fingerprint density at radius 3 is 1.95 bits per heavy atom. The fraction of sp³-hybridized carbons (Fsp3) is 0.308. The molecule has 0 radical (unpaired) electrons. The van der Waals surface area contributed by atoms with E-state index in [9.17, 15) is 19.2 Å². The Balaban J connectivity index is 0.00000722. The molecule has 0 saturated heterocycles. The summed E-state index contributed by atoms with van der Waals surface area (Å²) in [5.41, 5.74) is 3.70. The van der Waals surface area contributed by atoms with Crippen molar-refractivity contribution in [3.63, 3.8) is 0 Å². The molecule has 12 nitrogen and oxygen atoms in total. The first-order valence-corrected chi connectivity index (χ1v) is 11.0. The minimum Gasteiger partial charge on any atom is -0.484 e. The third-order valence-electron chi connectivity index (χ3n) is 4.43. The maximum atomic E-state index is 12.6. The summed E-state index contributed by atoms with van der Waals surface area (Å²) in [6.07, 6.45) is -0.781. The van der Waals surface area contributed by atoms with Gasteiger partial charge in [0.1, 0.15) is 17.4 Å². The highest BCUT2D eigenvalue weighted by Crippen LogP contribution is 2.12. The van der Waals surface area contributed by atoms with Crippen LogP contribution in [-0.2, 0) is 14.3 Å². The second kappa shape index (κ2) is 14.8. The van der Waals surface area contributed by atoms with E-state index in [4.69, 9.17) is 19.9 Å². The molecule has 0 unspecified atom stereocenters. The number of carbonyl (C=O) groups excluding carboxylic acids is 4. The SMILES string of the molecule is C.CC(C)(C)OC(=O)NC[C@H](NC(=O)c1ccc(C#Cc2ccc(OCC(=O)NO)cc2)cc1)C(=O)NO. The summed E-state index contributed by atoms with van der Waals surface area (Å²) in [5, 5.41) is 22.2. The van der Waals surface area contributed by atoms with Crippen LogP contribution in [0.25, 0.3) is 0 Å². The third kappa shape index (κ3) is 11.0. The van der Waals surface area contributed by atoms with Gasteiger partial charge in [-0.05, 0) is 69.3 Å². The zero-order valence-electron chi connectivity index (χ0n) is 20.5. The number of carbonyl (C=O) groups is 4. The van der Waals surface area contributed by atoms with Crippen LogP contribution < -0.4 is 26.3 Å². The molecule has 2 aromatic carbocycles. The molecule has 0 aliphatic carbocycles. The Morgan fingerprint density at radius 2 is 1.45 bits per heavy atom. The zero-order valence-corrected chi connectivity index (χ0v) is 20.5. The van der Waals surface area contributed by atoms with Crippen molar-refractivity contribution in [1.82, 2.24) is 21.6 Å². The normalized spacial score (nSPS) is 10.9. The van der Waals surface area contributed by atoms with Crippen LogP contribution in [0.4, 0.5) is 4.79 Å². The summed E-state index contributed by atoms with van der Waals surface area (Å²) >= 11 is 0. The monoisotopic (exact) mass is 528 g/mol. The topological polar surface area (TPSA) is 175 Å². The molecular weight excluding hydrogens is 496 g/mol. The number of hydroxylamine groups is 2. The van der Waals surface area contributed by atoms with Gasteiger partial charge in [-0.1, -0.05) is 19.3 Å². The van der Waals surface area contributed by atoms with Crippen LogP contribution in [0.5, 0.6) is 5.75 Å². The highest BCUT2D eigenvalue weighted by atomic mass is 16.6. The van der Waals surface area contributed by atoms with Crippen molar-refractivity contribution in [2.45, 2.75) is 39.8 Å². The molecule has 6 N–H and O–H groups in total. The minimum atomic E-state index is -1.26. The summed E-state index contributed by atoms with van der Waals surface area (Å²) in [7, 11) is 0. The molecule has 1 atom stereocenters. The lowest BCUT2D eigenvalue weighted by atomic mass is 10.1. The molecule has 38 heavy (non-hydrogen) atoms. The maximum Gasteiger partial charge on any atom is 0.407 e. The Bertz CT molecular complexity index is 1160. The molecule has 2 rings (SSSR count). The molecule has 0 heterocycles. The Labute approximate surface area is 220 Å². The minimum absolute atomic E-state index is 0. The van der Waals surface area contributed by atoms with Gasteiger partial charge in [0.15, 0.2) is 6.61 Å². The van der Waals surface area contributed by atoms with Crippen LogP contribution in [0, 0.1) is 11.8 Å². The second-order valence-electron chi connectivity index (χ2n) is 8.56. The molecule has 0 aliphatic rings. The number of hydrogen-bond donors (Lipinski definition) is 6. The van der Waals surface area contributed by atoms with E-state index in [2.05, 4.69) is 22.5 Å². The lowest BCUT2D eigenvalue weighted by molar-refractivity contribution is -0.131. The quantitative estimate of drug-likeness (QED) is 0.171. The second-order valence-corrected chi connectivity index (χ2v) is 8.56. The summed E-state index contributed by atoms with van der Waals surface area (Å²) in [5.74, 6) is 4.13. The molecule has 12 heteroatoms. The van der Waals surface area contributed by atoms with Gasteiger partial charge in [-0.25, -0.2) is 15.8 Å². The van der Waals surface area contributed by atoms with E-state index in [-0.39, 0.29) is 26.1 Å². The first kappa shape index (κ1) is 31.4. The van der Waals surface area contributed by atoms with E-state index in [1.54, 1.807) is 57.2 Å². The largest absolute Gasteiger partial charge is 0.484 e. The third-order valence-corrected chi connectivity index (χ3v) is 4.43. The Hall–Kier alpha value is -4.60. The van der Waals surface area contributed by atoms with Gasteiger partial charge >= 0.3 is 6.09 Å². The average molecular weight is 529 g/mol. The molecule has 0 fully saturated rings. The Kier molecular flexibility index (Phi) is 12.3. The fourth-order valence-electron chi connectivity index (χ4n) is 2.69. The van der Waals surface area contributed by atoms with Gasteiger partial charge in [0.25, 0.3) is 17.7 Å². The molecule has 204 valence electrons. The van der Waals surface area contributed by atoms with Gasteiger partial charge in [0.05, 0.1) is 6.54 Å². The standard InChI is InChI=1S/C25H28N4O8.CH4/c1-25(2,3)37-24(33)26-14-20(23(32)29-35)27-22(31)18-10-6-16(7-11-18)4-5-17-8-12-19(13-9-17)36-15-21(30)28-34;/h6-13,20,34-35H,14-15H2,1-3H3,(H,26,33)(H,27,31)(H,28,30)(H,29,32);1H4/t20-;/m0./s1. The molecule has 0 aromatic heterocycles. The van der Waals surface area contributed by atoms with Gasteiger partial charge in [0.2, 0.25) is 0 Å². The van der Waals surface area contributed by atoms with Crippen molar-refractivity contribution in [1.29, 1.82) is 0 Å². The summed E-state index contributed by atoms with van der Waals surface area (Å²) in [6.45, 7) is 4.39. The first-order chi connectivity index (χ1) is 17.5. The highest BCUT2D eigenvalue weighted by molar-refractivity contribution is 5.97. The van der Waals surface area contributed by atoms with Crippen LogP contribution in [0.15, 0.2) is 48.5 Å². The number of amides is 4. The number of benzene rings is 2. The molecule has 0 saturated carbocycles. The maximum absolute atomic E-state index is 12.6. The predicted octanol–water partition coefficient (Wildman–Crippen LogP) is 1.74. The van der Waals surface area contributed by atoms with Crippen LogP contribution in [0.1, 0.15) is 49.7 Å². The van der Waals surface area contributed by atoms with E-state index in [0.717, 1.165) is 0 Å². The van der Waals surface area contributed by atoms with Crippen molar-refractivity contribution in [2.24, 2.45) is 0 Å². The van der Waals surface area contributed by atoms with Gasteiger partial charge in [-0.15, -0.1) is 0 Å². The van der Waals surface area contributed by atoms with Crippen LogP contribution >= 0.6 is 0 Å². The van der Waals surface area contributed by atoms with Crippen LogP contribution in [-0.4, -0.2) is 59.0 Å². The van der Waals surface area contributed by atoms with E-state index in [0.29, 0.717) is 16.9 Å². The molecule has 4 amide bonds. The van der Waals surface area contributed by atoms with Crippen LogP contribution in [0.3, 0.4) is 0 Å². The van der Waals surface area contributed by atoms with E-state index < -0.39 is 35.5 Å². The van der Waals surface area contributed by atoms with E-state index >= 15 is 0 Å². The van der Waals surface area contributed by atoms with Crippen molar-refractivity contribution in [2.75, 3.05) is 13.2 Å². The lowest BCUT2D eigenvalue weighted by Gasteiger charge is -2.21. The zero-order chi connectivity index (χ0) is 27.4. The summed E-state index contributed by atoms with van der Waals surface area (Å²) in [4.78, 5) is 47.3. The van der Waals surface area contributed by atoms with Crippen molar-refractivity contribution in [3.8, 4) is 17.6 Å². The molecule has 0 bridgehead atoms. The van der Waals surface area contributed by atoms with E-state index in [1.165, 1.54) is 23.1 Å². The summed E-state index contributed by atoms with van der Waals surface area (Å²) in [6, 6.07) is 11.6. The van der Waals surface area contributed by atoms with Crippen molar-refractivity contribution >= 4 is 23.8 Å². The van der Waals surface area contributed by atoms with Crippen LogP contribution in [0.2, 0.25) is 0 Å². The molecule has 2 aromatic rings. The van der Waals surface area contributed by atoms with Gasteiger partial charge < -0.3 is 20.1 Å². The average Bonchev–Trinajstić information content (AvgIpc) is 2.87. The molecule has 0 spiro atoms. The highest BCUT2D eigenvalue weighted by Gasteiger charge is 2.23. The van der Waals surface area contributed by atoms with Crippen molar-refractivity contribution < 1.29 is 39.1 Å². The number of nitrogens with one attached hydrogen (secondary N) is 4. The smallest absolute Gasteiger partial charge is 0.407 e. The van der Waals surface area contributed by atoms with Gasteiger partial charge in [0, 0.05) is 16.7 Å². The molecular formula is C26H32N4O8. The fourth-order valence-corrected chi connectivity index (χ4v) is 2.69. The van der Waals surface area contributed by atoms with E-state index in [1.807, 2.05) is 0 Å².